The molecular weight excluding hydrogens is 206 g/mol. The molecule has 0 atom stereocenters. The fourth-order valence-electron chi connectivity index (χ4n) is 1.26. The molecule has 2 aromatic rings. The number of hydrogen-bond acceptors (Lipinski definition) is 4. The van der Waals surface area contributed by atoms with Gasteiger partial charge in [-0.2, -0.15) is 0 Å². The second-order valence-electron chi connectivity index (χ2n) is 3.59. The summed E-state index contributed by atoms with van der Waals surface area (Å²) in [6, 6.07) is 4.06. The molecule has 0 saturated carbocycles. The maximum atomic E-state index is 4.42. The van der Waals surface area contributed by atoms with Crippen LogP contribution in [0, 0.1) is 6.92 Å². The van der Waals surface area contributed by atoms with E-state index in [1.807, 2.05) is 38.2 Å². The maximum Gasteiger partial charge on any atom is 0.127 e. The molecule has 78 valence electrons. The van der Waals surface area contributed by atoms with Gasteiger partial charge < -0.3 is 4.90 Å². The first-order valence-corrected chi connectivity index (χ1v) is 5.60. The first-order valence-electron chi connectivity index (χ1n) is 4.72. The van der Waals surface area contributed by atoms with Crippen LogP contribution in [0.25, 0.3) is 10.6 Å². The molecule has 0 N–H and O–H groups in total. The fourth-order valence-corrected chi connectivity index (χ4v) is 2.05. The Labute approximate surface area is 93.4 Å². The molecule has 0 saturated heterocycles. The molecule has 2 aromatic heterocycles. The van der Waals surface area contributed by atoms with Crippen molar-refractivity contribution in [2.75, 3.05) is 19.0 Å². The molecule has 0 aliphatic rings. The lowest BCUT2D eigenvalue weighted by molar-refractivity contribution is 1.07. The minimum absolute atomic E-state index is 0.965. The standard InChI is InChI=1S/C11H13N3S/c1-8-7-15-11(13-8)9-4-5-10(12-6-9)14(2)3/h4-7H,1-3H3. The van der Waals surface area contributed by atoms with Crippen LogP contribution in [0.2, 0.25) is 0 Å². The van der Waals surface area contributed by atoms with E-state index in [-0.39, 0.29) is 0 Å². The van der Waals surface area contributed by atoms with E-state index in [0.717, 1.165) is 22.1 Å². The Morgan fingerprint density at radius 3 is 2.53 bits per heavy atom. The highest BCUT2D eigenvalue weighted by Gasteiger charge is 2.03. The summed E-state index contributed by atoms with van der Waals surface area (Å²) in [6.45, 7) is 2.00. The zero-order valence-electron chi connectivity index (χ0n) is 9.06. The Hall–Kier alpha value is -1.42. The van der Waals surface area contributed by atoms with Crippen molar-refractivity contribution in [3.63, 3.8) is 0 Å². The highest BCUT2D eigenvalue weighted by Crippen LogP contribution is 2.23. The molecule has 0 radical (unpaired) electrons. The minimum Gasteiger partial charge on any atom is -0.363 e. The third kappa shape index (κ3) is 2.15. The summed E-state index contributed by atoms with van der Waals surface area (Å²) >= 11 is 1.65. The summed E-state index contributed by atoms with van der Waals surface area (Å²) in [7, 11) is 3.96. The van der Waals surface area contributed by atoms with E-state index in [2.05, 4.69) is 21.4 Å². The van der Waals surface area contributed by atoms with Crippen molar-refractivity contribution < 1.29 is 0 Å². The molecule has 2 rings (SSSR count). The highest BCUT2D eigenvalue weighted by atomic mass is 32.1. The largest absolute Gasteiger partial charge is 0.363 e. The van der Waals surface area contributed by atoms with Crippen molar-refractivity contribution in [2.24, 2.45) is 0 Å². The van der Waals surface area contributed by atoms with Crippen LogP contribution >= 0.6 is 11.3 Å². The number of rotatable bonds is 2. The lowest BCUT2D eigenvalue weighted by Crippen LogP contribution is -2.09. The molecule has 0 unspecified atom stereocenters. The molecule has 0 spiro atoms. The van der Waals surface area contributed by atoms with Crippen molar-refractivity contribution in [1.29, 1.82) is 0 Å². The van der Waals surface area contributed by atoms with Crippen LogP contribution in [-0.2, 0) is 0 Å². The van der Waals surface area contributed by atoms with Crippen LogP contribution in [0.3, 0.4) is 0 Å². The molecule has 3 nitrogen and oxygen atoms in total. The Bertz CT molecular complexity index is 445. The van der Waals surface area contributed by atoms with Crippen LogP contribution < -0.4 is 4.90 Å². The second-order valence-corrected chi connectivity index (χ2v) is 4.45. The average molecular weight is 219 g/mol. The minimum atomic E-state index is 0.965. The van der Waals surface area contributed by atoms with Gasteiger partial charge in [-0.15, -0.1) is 11.3 Å². The van der Waals surface area contributed by atoms with E-state index in [4.69, 9.17) is 0 Å². The van der Waals surface area contributed by atoms with Gasteiger partial charge in [-0.05, 0) is 19.1 Å². The third-order valence-corrected chi connectivity index (χ3v) is 3.08. The van der Waals surface area contributed by atoms with E-state index < -0.39 is 0 Å². The molecule has 0 fully saturated rings. The Balaban J connectivity index is 2.31. The molecule has 0 aromatic carbocycles. The quantitative estimate of drug-likeness (QED) is 0.777. The first kappa shape index (κ1) is 10.1. The summed E-state index contributed by atoms with van der Waals surface area (Å²) < 4.78 is 0. The molecule has 0 bridgehead atoms. The molecule has 0 aliphatic carbocycles. The van der Waals surface area contributed by atoms with E-state index in [9.17, 15) is 0 Å². The van der Waals surface area contributed by atoms with E-state index >= 15 is 0 Å². The lowest BCUT2D eigenvalue weighted by Gasteiger charge is -2.10. The summed E-state index contributed by atoms with van der Waals surface area (Å²) in [4.78, 5) is 10.8. The summed E-state index contributed by atoms with van der Waals surface area (Å²) in [5.74, 6) is 0.965. The number of hydrogen-bond donors (Lipinski definition) is 0. The Kier molecular flexibility index (Phi) is 2.68. The molecule has 15 heavy (non-hydrogen) atoms. The van der Waals surface area contributed by atoms with E-state index in [1.165, 1.54) is 0 Å². The van der Waals surface area contributed by atoms with Gasteiger partial charge in [0.05, 0.1) is 0 Å². The predicted octanol–water partition coefficient (Wildman–Crippen LogP) is 2.58. The normalized spacial score (nSPS) is 10.3. The van der Waals surface area contributed by atoms with Gasteiger partial charge in [0.15, 0.2) is 0 Å². The third-order valence-electron chi connectivity index (χ3n) is 2.07. The van der Waals surface area contributed by atoms with Gasteiger partial charge in [-0.3, -0.25) is 0 Å². The van der Waals surface area contributed by atoms with E-state index in [0.29, 0.717) is 0 Å². The van der Waals surface area contributed by atoms with Gasteiger partial charge in [0.25, 0.3) is 0 Å². The van der Waals surface area contributed by atoms with Gasteiger partial charge in [-0.25, -0.2) is 9.97 Å². The average Bonchev–Trinajstić information content (AvgIpc) is 2.65. The zero-order valence-corrected chi connectivity index (χ0v) is 9.88. The molecule has 4 heteroatoms. The molecule has 0 amide bonds. The zero-order chi connectivity index (χ0) is 10.8. The van der Waals surface area contributed by atoms with Gasteiger partial charge in [-0.1, -0.05) is 0 Å². The molecular formula is C11H13N3S. The van der Waals surface area contributed by atoms with Crippen LogP contribution in [0.4, 0.5) is 5.82 Å². The molecule has 2 heterocycles. The topological polar surface area (TPSA) is 29.0 Å². The van der Waals surface area contributed by atoms with Gasteiger partial charge in [0.2, 0.25) is 0 Å². The number of nitrogens with zero attached hydrogens (tertiary/aromatic N) is 3. The fraction of sp³-hybridized carbons (Fsp3) is 0.273. The van der Waals surface area contributed by atoms with Gasteiger partial charge in [0.1, 0.15) is 10.8 Å². The number of pyridine rings is 1. The summed E-state index contributed by atoms with van der Waals surface area (Å²) in [5.41, 5.74) is 2.14. The number of thiazole rings is 1. The van der Waals surface area contributed by atoms with Crippen LogP contribution in [0.5, 0.6) is 0 Å². The number of aromatic nitrogens is 2. The van der Waals surface area contributed by atoms with Crippen LogP contribution in [-0.4, -0.2) is 24.1 Å². The monoisotopic (exact) mass is 219 g/mol. The van der Waals surface area contributed by atoms with Crippen molar-refractivity contribution in [3.8, 4) is 10.6 Å². The number of anilines is 1. The van der Waals surface area contributed by atoms with Gasteiger partial charge in [0, 0.05) is 36.9 Å². The summed E-state index contributed by atoms with van der Waals surface area (Å²) in [6.07, 6.45) is 1.87. The summed E-state index contributed by atoms with van der Waals surface area (Å²) in [5, 5.41) is 3.08. The van der Waals surface area contributed by atoms with Crippen molar-refractivity contribution in [3.05, 3.63) is 29.4 Å². The second kappa shape index (κ2) is 3.98. The lowest BCUT2D eigenvalue weighted by atomic mass is 10.3. The van der Waals surface area contributed by atoms with Crippen molar-refractivity contribution >= 4 is 17.2 Å². The predicted molar refractivity (Wildman–Crippen MR) is 64.4 cm³/mol. The first-order chi connectivity index (χ1) is 7.16. The Morgan fingerprint density at radius 2 is 2.07 bits per heavy atom. The van der Waals surface area contributed by atoms with Gasteiger partial charge >= 0.3 is 0 Å². The van der Waals surface area contributed by atoms with Crippen molar-refractivity contribution in [2.45, 2.75) is 6.92 Å². The molecule has 0 aliphatic heterocycles. The van der Waals surface area contributed by atoms with Crippen molar-refractivity contribution in [1.82, 2.24) is 9.97 Å². The van der Waals surface area contributed by atoms with Crippen LogP contribution in [0.15, 0.2) is 23.7 Å². The maximum absolute atomic E-state index is 4.42. The SMILES string of the molecule is Cc1csc(-c2ccc(N(C)C)nc2)n1. The number of aryl methyl sites for hydroxylation is 1. The Morgan fingerprint density at radius 1 is 1.27 bits per heavy atom. The smallest absolute Gasteiger partial charge is 0.127 e. The highest BCUT2D eigenvalue weighted by molar-refractivity contribution is 7.13. The van der Waals surface area contributed by atoms with E-state index in [1.54, 1.807) is 11.3 Å². The van der Waals surface area contributed by atoms with Crippen LogP contribution in [0.1, 0.15) is 5.69 Å².